The van der Waals surface area contributed by atoms with Gasteiger partial charge in [-0.15, -0.1) is 11.3 Å². The molecule has 5 heterocycles. The Morgan fingerprint density at radius 3 is 2.45 bits per heavy atom. The predicted octanol–water partition coefficient (Wildman–Crippen LogP) is 8.55. The van der Waals surface area contributed by atoms with Crippen LogP contribution in [-0.4, -0.2) is 73.4 Å². The molecule has 2 atom stereocenters. The molecule has 1 aromatic heterocycles. The lowest BCUT2D eigenvalue weighted by Gasteiger charge is -2.32. The summed E-state index contributed by atoms with van der Waals surface area (Å²) in [5.74, 6) is 0.629. The quantitative estimate of drug-likeness (QED) is 0.0493. The first kappa shape index (κ1) is 45.6. The zero-order chi connectivity index (χ0) is 45.4. The molecule has 3 N–H and O–H groups in total. The molecule has 0 aliphatic carbocycles. The molecule has 0 saturated heterocycles. The van der Waals surface area contributed by atoms with Crippen molar-refractivity contribution in [3.63, 3.8) is 0 Å². The van der Waals surface area contributed by atoms with E-state index < -0.39 is 31.1 Å². The lowest BCUT2D eigenvalue weighted by Crippen LogP contribution is -2.33. The van der Waals surface area contributed by atoms with E-state index in [4.69, 9.17) is 16.9 Å². The molecular weight excluding hydrogens is 871 g/mol. The van der Waals surface area contributed by atoms with Gasteiger partial charge in [0.25, 0.3) is 20.2 Å². The van der Waals surface area contributed by atoms with Crippen molar-refractivity contribution in [2.45, 2.75) is 118 Å². The van der Waals surface area contributed by atoms with Gasteiger partial charge in [-0.05, 0) is 114 Å². The number of nitrogens with zero attached hydrogens (tertiary/aromatic N) is 4. The third kappa shape index (κ3) is 8.65. The van der Waals surface area contributed by atoms with Gasteiger partial charge in [-0.2, -0.15) is 26.7 Å². The molecule has 8 rings (SSSR count). The number of nitriles is 1. The fourth-order valence-electron chi connectivity index (χ4n) is 10.5. The first-order valence-electron chi connectivity index (χ1n) is 22.1. The van der Waals surface area contributed by atoms with Crippen molar-refractivity contribution in [2.24, 2.45) is 0 Å². The molecule has 0 saturated carbocycles. The van der Waals surface area contributed by atoms with E-state index in [9.17, 15) is 30.7 Å². The van der Waals surface area contributed by atoms with E-state index in [1.807, 2.05) is 50.3 Å². The number of hydrogen-bond acceptors (Lipinski definition) is 10. The summed E-state index contributed by atoms with van der Waals surface area (Å²) in [4.78, 5) is 19.1. The molecule has 1 amide bonds. The first-order valence-corrected chi connectivity index (χ1v) is 25.8. The third-order valence-electron chi connectivity index (χ3n) is 13.4. The molecule has 16 heteroatoms. The van der Waals surface area contributed by atoms with Gasteiger partial charge in [-0.3, -0.25) is 13.9 Å². The second-order valence-electron chi connectivity index (χ2n) is 17.6. The van der Waals surface area contributed by atoms with E-state index in [0.29, 0.717) is 99.5 Å². The Kier molecular flexibility index (Phi) is 13.0. The third-order valence-corrected chi connectivity index (χ3v) is 16.1. The van der Waals surface area contributed by atoms with Crippen molar-refractivity contribution in [2.75, 3.05) is 31.1 Å². The molecular formula is C48H54N5O8S3+. The number of anilines is 1. The summed E-state index contributed by atoms with van der Waals surface area (Å²) in [7, 11) is -9.11. The van der Waals surface area contributed by atoms with Crippen LogP contribution in [0.2, 0.25) is 0 Å². The molecule has 4 aromatic rings. The van der Waals surface area contributed by atoms with E-state index >= 15 is 0 Å². The molecule has 64 heavy (non-hydrogen) atoms. The molecule has 13 nitrogen and oxygen atoms in total. The minimum absolute atomic E-state index is 0.0526. The SMILES string of the molecule is [CH]CCCC1(C)/C(=C/C=C/C2=[N+]3CCCc4ccc(S(=O)(=O)O)c(c43)C2(C)CCCCCC(=O)NCCCOc2ccc3nc(C#N)sc3c2)N2CCCc3ccc(S(=O)(=O)O)c1c32. The summed E-state index contributed by atoms with van der Waals surface area (Å²) in [6.07, 6.45) is 14.6. The normalized spacial score (nSPS) is 20.9. The number of allylic oxidation sites excluding steroid dienone is 4. The van der Waals surface area contributed by atoms with E-state index in [1.54, 1.807) is 12.1 Å². The van der Waals surface area contributed by atoms with E-state index in [1.165, 1.54) is 23.5 Å². The smallest absolute Gasteiger partial charge is 0.295 e. The standard InChI is InChI=1S/C48H53N5O8S3/c1-4-5-24-47(2)39(52-27-10-13-32-18-22-37(63(55,56)57)43(47)45(32)52)15-9-16-40-48(3,44-38(64(58,59)60)23-19-33-14-11-28-53(40)46(33)44)25-8-6-7-17-41(54)50-26-12-29-61-34-20-21-35-36(30-34)62-42(31-49)51-35/h1,9,15-16,18-23,30H,4-8,10-14,17,24-29H2,2-3H3,(H2-,50,54,55,56,57,58,59,60)/p+1. The molecule has 0 spiro atoms. The number of aromatic nitrogens is 1. The molecule has 2 unspecified atom stereocenters. The zero-order valence-electron chi connectivity index (χ0n) is 36.2. The largest absolute Gasteiger partial charge is 0.493 e. The van der Waals surface area contributed by atoms with Crippen LogP contribution in [0.5, 0.6) is 5.75 Å². The van der Waals surface area contributed by atoms with Crippen molar-refractivity contribution >= 4 is 64.8 Å². The van der Waals surface area contributed by atoms with E-state index in [-0.39, 0.29) is 15.7 Å². The summed E-state index contributed by atoms with van der Waals surface area (Å²) < 4.78 is 81.7. The minimum atomic E-state index is -4.58. The molecule has 4 aliphatic heterocycles. The van der Waals surface area contributed by atoms with Gasteiger partial charge in [0.2, 0.25) is 11.6 Å². The number of ether oxygens (including phenoxy) is 1. The average molecular weight is 925 g/mol. The Hall–Kier alpha value is -4.92. The number of unbranched alkanes of at least 4 members (excludes halogenated alkanes) is 3. The van der Waals surface area contributed by atoms with Gasteiger partial charge >= 0.3 is 0 Å². The highest BCUT2D eigenvalue weighted by Crippen LogP contribution is 2.56. The van der Waals surface area contributed by atoms with E-state index in [2.05, 4.69) is 25.8 Å². The number of aryl methyl sites for hydroxylation is 2. The second-order valence-corrected chi connectivity index (χ2v) is 21.4. The van der Waals surface area contributed by atoms with Gasteiger partial charge in [-0.1, -0.05) is 37.5 Å². The number of carbonyl (C=O) groups is 1. The monoisotopic (exact) mass is 924 g/mol. The van der Waals surface area contributed by atoms with Crippen molar-refractivity contribution in [3.05, 3.63) is 101 Å². The van der Waals surface area contributed by atoms with Crippen LogP contribution in [-0.2, 0) is 48.7 Å². The molecule has 4 aliphatic rings. The van der Waals surface area contributed by atoms with Crippen molar-refractivity contribution in [1.29, 1.82) is 5.26 Å². The number of carbonyl (C=O) groups excluding carboxylic acids is 1. The minimum Gasteiger partial charge on any atom is -0.493 e. The van der Waals surface area contributed by atoms with E-state index in [0.717, 1.165) is 76.2 Å². The molecule has 0 fully saturated rings. The van der Waals surface area contributed by atoms with Gasteiger partial charge in [-0.25, -0.2) is 4.98 Å². The van der Waals surface area contributed by atoms with Crippen molar-refractivity contribution in [1.82, 2.24) is 10.3 Å². The van der Waals surface area contributed by atoms with Gasteiger partial charge < -0.3 is 15.0 Å². The summed E-state index contributed by atoms with van der Waals surface area (Å²) >= 11 is 1.31. The van der Waals surface area contributed by atoms with Crippen LogP contribution >= 0.6 is 11.3 Å². The molecule has 336 valence electrons. The predicted molar refractivity (Wildman–Crippen MR) is 247 cm³/mol. The molecule has 2 radical (unpaired) electrons. The molecule has 0 bridgehead atoms. The van der Waals surface area contributed by atoms with Crippen molar-refractivity contribution in [3.8, 4) is 11.8 Å². The van der Waals surface area contributed by atoms with Crippen LogP contribution < -0.4 is 15.0 Å². The fraction of sp³-hybridized carbons (Fsp3) is 0.438. The first-order chi connectivity index (χ1) is 30.6. The Morgan fingerprint density at radius 2 is 1.70 bits per heavy atom. The lowest BCUT2D eigenvalue weighted by atomic mass is 9.74. The van der Waals surface area contributed by atoms with Crippen molar-refractivity contribution < 1.29 is 40.0 Å². The topological polar surface area (TPSA) is 190 Å². The Balaban J connectivity index is 0.986. The Morgan fingerprint density at radius 1 is 0.969 bits per heavy atom. The van der Waals surface area contributed by atoms with Gasteiger partial charge in [0, 0.05) is 59.9 Å². The van der Waals surface area contributed by atoms with Gasteiger partial charge in [0.1, 0.15) is 28.2 Å². The number of benzene rings is 3. The summed E-state index contributed by atoms with van der Waals surface area (Å²) in [5.41, 5.74) is 5.93. The van der Waals surface area contributed by atoms with Crippen LogP contribution in [0.25, 0.3) is 10.2 Å². The van der Waals surface area contributed by atoms with Gasteiger partial charge in [0.15, 0.2) is 10.7 Å². The van der Waals surface area contributed by atoms with Crippen LogP contribution in [0.1, 0.15) is 112 Å². The summed E-state index contributed by atoms with van der Waals surface area (Å²) in [6, 6.07) is 14.2. The number of amides is 1. The second kappa shape index (κ2) is 18.2. The van der Waals surface area contributed by atoms with Crippen LogP contribution in [0.4, 0.5) is 11.4 Å². The highest BCUT2D eigenvalue weighted by atomic mass is 32.2. The summed E-state index contributed by atoms with van der Waals surface area (Å²) in [6.45, 7) is 12.3. The molecule has 3 aromatic carbocycles. The Bertz CT molecular complexity index is 2880. The fourth-order valence-corrected chi connectivity index (χ4v) is 12.9. The maximum Gasteiger partial charge on any atom is 0.295 e. The number of fused-ring (bicyclic) bond motifs is 1. The van der Waals surface area contributed by atoms with Crippen LogP contribution in [0.15, 0.2) is 76.2 Å². The number of nitrogens with one attached hydrogen (secondary N) is 1. The Labute approximate surface area is 380 Å². The van der Waals surface area contributed by atoms with Crippen LogP contribution in [0.3, 0.4) is 0 Å². The zero-order valence-corrected chi connectivity index (χ0v) is 38.7. The number of hydrogen-bond donors (Lipinski definition) is 3. The number of thiazole rings is 1. The lowest BCUT2D eigenvalue weighted by molar-refractivity contribution is -0.443. The number of rotatable bonds is 18. The maximum atomic E-state index is 13.0. The highest BCUT2D eigenvalue weighted by molar-refractivity contribution is 7.86. The van der Waals surface area contributed by atoms with Gasteiger partial charge in [0.05, 0.1) is 27.8 Å². The van der Waals surface area contributed by atoms with Crippen LogP contribution in [0, 0.1) is 18.3 Å². The summed E-state index contributed by atoms with van der Waals surface area (Å²) in [5, 5.41) is 12.5. The maximum absolute atomic E-state index is 13.0. The average Bonchev–Trinajstić information content (AvgIpc) is 3.87. The highest BCUT2D eigenvalue weighted by Gasteiger charge is 2.53.